The van der Waals surface area contributed by atoms with Gasteiger partial charge >= 0.3 is 0 Å². The van der Waals surface area contributed by atoms with Crippen LogP contribution in [0.3, 0.4) is 0 Å². The normalized spacial score (nSPS) is 10.4. The Hall–Kier alpha value is -3.13. The molecule has 2 aromatic carbocycles. The number of carbonyl (C=O) groups is 2. The van der Waals surface area contributed by atoms with Crippen LogP contribution in [-0.2, 0) is 6.54 Å². The summed E-state index contributed by atoms with van der Waals surface area (Å²) in [5.74, 6) is -1.16. The first kappa shape index (κ1) is 17.7. The van der Waals surface area contributed by atoms with E-state index in [1.54, 1.807) is 18.2 Å². The molecule has 0 radical (unpaired) electrons. The van der Waals surface area contributed by atoms with Crippen molar-refractivity contribution in [1.29, 1.82) is 0 Å². The summed E-state index contributed by atoms with van der Waals surface area (Å²) in [5, 5.41) is 13.6. The van der Waals surface area contributed by atoms with E-state index in [0.29, 0.717) is 16.3 Å². The molecular weight excluding hydrogens is 355 g/mol. The standard InChI is InChI=1S/C18H15FN4O2S/c1-11-5-7-12(8-6-11)16(24)20-10-15-22-23-18(26-15)17(25)21-14-4-2-3-13(19)9-14/h2-9H,10H2,1H3,(H,20,24)(H,21,25). The average Bonchev–Trinajstić information content (AvgIpc) is 3.09. The number of rotatable bonds is 5. The molecule has 0 saturated carbocycles. The van der Waals surface area contributed by atoms with Gasteiger partial charge in [0.1, 0.15) is 10.8 Å². The van der Waals surface area contributed by atoms with E-state index in [1.807, 2.05) is 19.1 Å². The van der Waals surface area contributed by atoms with Gasteiger partial charge in [-0.05, 0) is 37.3 Å². The third-order valence-corrected chi connectivity index (χ3v) is 4.38. The van der Waals surface area contributed by atoms with Crippen LogP contribution < -0.4 is 10.6 Å². The Morgan fingerprint density at radius 3 is 2.58 bits per heavy atom. The van der Waals surface area contributed by atoms with Gasteiger partial charge in [-0.2, -0.15) is 0 Å². The highest BCUT2D eigenvalue weighted by molar-refractivity contribution is 7.13. The quantitative estimate of drug-likeness (QED) is 0.723. The Morgan fingerprint density at radius 2 is 1.85 bits per heavy atom. The van der Waals surface area contributed by atoms with Crippen molar-refractivity contribution in [1.82, 2.24) is 15.5 Å². The van der Waals surface area contributed by atoms with Crippen LogP contribution in [0.2, 0.25) is 0 Å². The third-order valence-electron chi connectivity index (χ3n) is 3.46. The number of nitrogens with one attached hydrogen (secondary N) is 2. The summed E-state index contributed by atoms with van der Waals surface area (Å²) >= 11 is 1.06. The SMILES string of the molecule is Cc1ccc(C(=O)NCc2nnc(C(=O)Nc3cccc(F)c3)s2)cc1. The van der Waals surface area contributed by atoms with Gasteiger partial charge in [0.05, 0.1) is 6.54 Å². The summed E-state index contributed by atoms with van der Waals surface area (Å²) in [6.07, 6.45) is 0. The molecule has 3 aromatic rings. The number of hydrogen-bond acceptors (Lipinski definition) is 5. The molecule has 0 fully saturated rings. The summed E-state index contributed by atoms with van der Waals surface area (Å²) in [6.45, 7) is 2.11. The molecule has 0 aliphatic heterocycles. The predicted octanol–water partition coefficient (Wildman–Crippen LogP) is 3.17. The van der Waals surface area contributed by atoms with E-state index in [-0.39, 0.29) is 17.5 Å². The van der Waals surface area contributed by atoms with Gasteiger partial charge in [-0.25, -0.2) is 4.39 Å². The van der Waals surface area contributed by atoms with Gasteiger partial charge in [-0.15, -0.1) is 10.2 Å². The van der Waals surface area contributed by atoms with Gasteiger partial charge in [0.2, 0.25) is 5.01 Å². The number of carbonyl (C=O) groups excluding carboxylic acids is 2. The van der Waals surface area contributed by atoms with Gasteiger partial charge in [0.25, 0.3) is 11.8 Å². The van der Waals surface area contributed by atoms with Crippen molar-refractivity contribution in [2.75, 3.05) is 5.32 Å². The maximum Gasteiger partial charge on any atom is 0.286 e. The van der Waals surface area contributed by atoms with E-state index < -0.39 is 11.7 Å². The van der Waals surface area contributed by atoms with Crippen LogP contribution in [0.1, 0.15) is 30.7 Å². The zero-order chi connectivity index (χ0) is 18.5. The number of aryl methyl sites for hydroxylation is 1. The molecular formula is C18H15FN4O2S. The first-order valence-electron chi connectivity index (χ1n) is 7.75. The molecule has 0 atom stereocenters. The lowest BCUT2D eigenvalue weighted by atomic mass is 10.1. The van der Waals surface area contributed by atoms with Gasteiger partial charge in [0, 0.05) is 11.3 Å². The van der Waals surface area contributed by atoms with Crippen LogP contribution in [0.25, 0.3) is 0 Å². The first-order valence-corrected chi connectivity index (χ1v) is 8.57. The maximum atomic E-state index is 13.1. The molecule has 0 saturated heterocycles. The molecule has 2 amide bonds. The zero-order valence-corrected chi connectivity index (χ0v) is 14.6. The molecule has 3 rings (SSSR count). The molecule has 8 heteroatoms. The van der Waals surface area contributed by atoms with Crippen LogP contribution in [0.5, 0.6) is 0 Å². The summed E-state index contributed by atoms with van der Waals surface area (Å²) in [4.78, 5) is 24.2. The second-order valence-corrected chi connectivity index (χ2v) is 6.58. The van der Waals surface area contributed by atoms with Crippen LogP contribution in [-0.4, -0.2) is 22.0 Å². The highest BCUT2D eigenvalue weighted by atomic mass is 32.1. The molecule has 1 aromatic heterocycles. The fourth-order valence-corrected chi connectivity index (χ4v) is 2.81. The van der Waals surface area contributed by atoms with Gasteiger partial charge in [-0.1, -0.05) is 35.1 Å². The largest absolute Gasteiger partial charge is 0.345 e. The van der Waals surface area contributed by atoms with Crippen molar-refractivity contribution in [3.63, 3.8) is 0 Å². The second-order valence-electron chi connectivity index (χ2n) is 5.51. The van der Waals surface area contributed by atoms with Crippen molar-refractivity contribution in [3.8, 4) is 0 Å². The zero-order valence-electron chi connectivity index (χ0n) is 13.8. The van der Waals surface area contributed by atoms with E-state index in [4.69, 9.17) is 0 Å². The number of aromatic nitrogens is 2. The lowest BCUT2D eigenvalue weighted by Gasteiger charge is -2.03. The number of halogens is 1. The summed E-state index contributed by atoms with van der Waals surface area (Å²) in [6, 6.07) is 12.8. The first-order chi connectivity index (χ1) is 12.5. The summed E-state index contributed by atoms with van der Waals surface area (Å²) in [5.41, 5.74) is 1.95. The van der Waals surface area contributed by atoms with E-state index >= 15 is 0 Å². The molecule has 0 spiro atoms. The number of nitrogens with zero attached hydrogens (tertiary/aromatic N) is 2. The van der Waals surface area contributed by atoms with Crippen molar-refractivity contribution in [3.05, 3.63) is 75.5 Å². The smallest absolute Gasteiger partial charge is 0.286 e. The highest BCUT2D eigenvalue weighted by Gasteiger charge is 2.14. The Morgan fingerprint density at radius 1 is 1.08 bits per heavy atom. The highest BCUT2D eigenvalue weighted by Crippen LogP contribution is 2.14. The van der Waals surface area contributed by atoms with Crippen molar-refractivity contribution >= 4 is 28.8 Å². The lowest BCUT2D eigenvalue weighted by molar-refractivity contribution is 0.0950. The van der Waals surface area contributed by atoms with E-state index in [0.717, 1.165) is 16.9 Å². The molecule has 1 heterocycles. The number of benzene rings is 2. The maximum absolute atomic E-state index is 13.1. The van der Waals surface area contributed by atoms with E-state index in [2.05, 4.69) is 20.8 Å². The van der Waals surface area contributed by atoms with Gasteiger partial charge in [0.15, 0.2) is 0 Å². The number of anilines is 1. The fraction of sp³-hybridized carbons (Fsp3) is 0.111. The van der Waals surface area contributed by atoms with Crippen molar-refractivity contribution < 1.29 is 14.0 Å². The Bertz CT molecular complexity index is 940. The van der Waals surface area contributed by atoms with Crippen LogP contribution in [0.15, 0.2) is 48.5 Å². The lowest BCUT2D eigenvalue weighted by Crippen LogP contribution is -2.22. The van der Waals surface area contributed by atoms with Gasteiger partial charge < -0.3 is 10.6 Å². The molecule has 0 aliphatic rings. The Balaban J connectivity index is 1.58. The minimum atomic E-state index is -0.482. The van der Waals surface area contributed by atoms with Crippen molar-refractivity contribution in [2.24, 2.45) is 0 Å². The van der Waals surface area contributed by atoms with Gasteiger partial charge in [-0.3, -0.25) is 9.59 Å². The molecule has 6 nitrogen and oxygen atoms in total. The summed E-state index contributed by atoms with van der Waals surface area (Å²) < 4.78 is 13.1. The summed E-state index contributed by atoms with van der Waals surface area (Å²) in [7, 11) is 0. The molecule has 26 heavy (non-hydrogen) atoms. The topological polar surface area (TPSA) is 84.0 Å². The van der Waals surface area contributed by atoms with Crippen LogP contribution in [0.4, 0.5) is 10.1 Å². The van der Waals surface area contributed by atoms with Crippen molar-refractivity contribution in [2.45, 2.75) is 13.5 Å². The molecule has 132 valence electrons. The Labute approximate surface area is 153 Å². The Kier molecular flexibility index (Phi) is 5.33. The van der Waals surface area contributed by atoms with Crippen LogP contribution in [0, 0.1) is 12.7 Å². The monoisotopic (exact) mass is 370 g/mol. The minimum Gasteiger partial charge on any atom is -0.345 e. The second kappa shape index (κ2) is 7.83. The predicted molar refractivity (Wildman–Crippen MR) is 96.6 cm³/mol. The minimum absolute atomic E-state index is 0.133. The molecule has 0 unspecified atom stereocenters. The fourth-order valence-electron chi connectivity index (χ4n) is 2.13. The molecule has 0 aliphatic carbocycles. The third kappa shape index (κ3) is 4.48. The molecule has 2 N–H and O–H groups in total. The number of amides is 2. The van der Waals surface area contributed by atoms with E-state index in [1.165, 1.54) is 18.2 Å². The molecule has 0 bridgehead atoms. The average molecular weight is 370 g/mol. The number of hydrogen-bond donors (Lipinski definition) is 2. The van der Waals surface area contributed by atoms with E-state index in [9.17, 15) is 14.0 Å². The van der Waals surface area contributed by atoms with Crippen LogP contribution >= 0.6 is 11.3 Å².